The molecule has 2 aromatic rings. The van der Waals surface area contributed by atoms with Crippen LogP contribution in [0.25, 0.3) is 10.9 Å². The topological polar surface area (TPSA) is 70.2 Å². The molecular weight excluding hydrogens is 336 g/mol. The lowest BCUT2D eigenvalue weighted by atomic mass is 9.99. The highest BCUT2D eigenvalue weighted by molar-refractivity contribution is 7.90. The zero-order valence-electron chi connectivity index (χ0n) is 15.1. The molecule has 1 aliphatic heterocycles. The largest absolute Gasteiger partial charge is 0.321 e. The Morgan fingerprint density at radius 3 is 2.72 bits per heavy atom. The molecule has 0 spiro atoms. The van der Waals surface area contributed by atoms with Crippen LogP contribution in [0.1, 0.15) is 29.5 Å². The fourth-order valence-electron chi connectivity index (χ4n) is 3.95. The molecule has 1 fully saturated rings. The van der Waals surface area contributed by atoms with Crippen LogP contribution >= 0.6 is 0 Å². The van der Waals surface area contributed by atoms with Crippen molar-refractivity contribution < 1.29 is 8.42 Å². The molecule has 0 unspecified atom stereocenters. The number of sulfone groups is 1. The molecule has 0 radical (unpaired) electrons. The number of H-pyrrole nitrogens is 1. The number of nitrogens with zero attached hydrogens (tertiary/aromatic N) is 1. The average molecular weight is 362 g/mol. The van der Waals surface area contributed by atoms with Crippen molar-refractivity contribution in [3.63, 3.8) is 0 Å². The Labute approximate surface area is 149 Å². The highest BCUT2D eigenvalue weighted by atomic mass is 32.2. The normalized spacial score (nSPS) is 19.4. The molecule has 1 atom stereocenters. The summed E-state index contributed by atoms with van der Waals surface area (Å²) in [6.45, 7) is 6.27. The number of hydrogen-bond donors (Lipinski definition) is 1. The van der Waals surface area contributed by atoms with Gasteiger partial charge in [-0.2, -0.15) is 0 Å². The minimum absolute atomic E-state index is 0.0512. The predicted octanol–water partition coefficient (Wildman–Crippen LogP) is 2.40. The quantitative estimate of drug-likeness (QED) is 0.907. The Morgan fingerprint density at radius 2 is 2.00 bits per heavy atom. The molecule has 1 saturated heterocycles. The Morgan fingerprint density at radius 1 is 1.24 bits per heavy atom. The lowest BCUT2D eigenvalue weighted by Gasteiger charge is -2.32. The highest BCUT2D eigenvalue weighted by Gasteiger charge is 2.23. The van der Waals surface area contributed by atoms with Crippen LogP contribution in [-0.2, 0) is 16.4 Å². The fourth-order valence-corrected chi connectivity index (χ4v) is 5.08. The summed E-state index contributed by atoms with van der Waals surface area (Å²) < 4.78 is 23.1. The summed E-state index contributed by atoms with van der Waals surface area (Å²) in [5.74, 6) is 0.392. The van der Waals surface area contributed by atoms with Gasteiger partial charge in [-0.05, 0) is 62.2 Å². The van der Waals surface area contributed by atoms with Crippen LogP contribution in [0.15, 0.2) is 23.0 Å². The van der Waals surface area contributed by atoms with E-state index >= 15 is 0 Å². The molecule has 2 heterocycles. The van der Waals surface area contributed by atoms with Gasteiger partial charge in [-0.25, -0.2) is 8.42 Å². The summed E-state index contributed by atoms with van der Waals surface area (Å²) in [7, 11) is -2.96. The van der Waals surface area contributed by atoms with Gasteiger partial charge in [0, 0.05) is 24.9 Å². The molecule has 1 aromatic carbocycles. The molecule has 1 aliphatic rings. The van der Waals surface area contributed by atoms with Crippen LogP contribution in [0.2, 0.25) is 0 Å². The minimum Gasteiger partial charge on any atom is -0.321 e. The second-order valence-electron chi connectivity index (χ2n) is 7.51. The van der Waals surface area contributed by atoms with Crippen molar-refractivity contribution in [1.29, 1.82) is 0 Å². The molecule has 1 N–H and O–H groups in total. The number of aromatic amines is 1. The van der Waals surface area contributed by atoms with Crippen LogP contribution in [-0.4, -0.2) is 43.4 Å². The molecular formula is C19H26N2O3S. The van der Waals surface area contributed by atoms with Gasteiger partial charge in [0.15, 0.2) is 0 Å². The zero-order valence-corrected chi connectivity index (χ0v) is 15.9. The van der Waals surface area contributed by atoms with Crippen molar-refractivity contribution in [1.82, 2.24) is 9.88 Å². The van der Waals surface area contributed by atoms with E-state index in [4.69, 9.17) is 0 Å². The van der Waals surface area contributed by atoms with Crippen molar-refractivity contribution in [2.45, 2.75) is 33.2 Å². The standard InChI is InChI=1S/C19H26N2O3S/c1-13-7-14(2)18-16(8-13)9-17(19(22)20-18)11-21-6-4-5-15(10-21)12-25(3,23)24/h7-9,15H,4-6,10-12H2,1-3H3,(H,20,22)/t15-/m0/s1. The van der Waals surface area contributed by atoms with Crippen molar-refractivity contribution >= 4 is 20.7 Å². The second-order valence-corrected chi connectivity index (χ2v) is 9.69. The van der Waals surface area contributed by atoms with Gasteiger partial charge >= 0.3 is 0 Å². The summed E-state index contributed by atoms with van der Waals surface area (Å²) in [5, 5.41) is 1.05. The Hall–Kier alpha value is -1.66. The first-order valence-electron chi connectivity index (χ1n) is 8.74. The van der Waals surface area contributed by atoms with E-state index in [9.17, 15) is 13.2 Å². The van der Waals surface area contributed by atoms with E-state index in [-0.39, 0.29) is 17.2 Å². The van der Waals surface area contributed by atoms with Gasteiger partial charge in [0.25, 0.3) is 5.56 Å². The van der Waals surface area contributed by atoms with E-state index < -0.39 is 9.84 Å². The number of likely N-dealkylation sites (tertiary alicyclic amines) is 1. The van der Waals surface area contributed by atoms with E-state index in [0.29, 0.717) is 6.54 Å². The van der Waals surface area contributed by atoms with Gasteiger partial charge in [-0.15, -0.1) is 0 Å². The van der Waals surface area contributed by atoms with E-state index in [1.807, 2.05) is 13.0 Å². The number of fused-ring (bicyclic) bond motifs is 1. The highest BCUT2D eigenvalue weighted by Crippen LogP contribution is 2.21. The van der Waals surface area contributed by atoms with Crippen molar-refractivity contribution in [3.05, 3.63) is 45.2 Å². The summed E-state index contributed by atoms with van der Waals surface area (Å²) >= 11 is 0. The molecule has 5 nitrogen and oxygen atoms in total. The van der Waals surface area contributed by atoms with Gasteiger partial charge in [-0.3, -0.25) is 9.69 Å². The maximum absolute atomic E-state index is 12.5. The van der Waals surface area contributed by atoms with Crippen molar-refractivity contribution in [2.75, 3.05) is 25.1 Å². The molecule has 1 aromatic heterocycles. The van der Waals surface area contributed by atoms with Crippen LogP contribution in [0, 0.1) is 19.8 Å². The summed E-state index contributed by atoms with van der Waals surface area (Å²) in [6.07, 6.45) is 3.21. The van der Waals surface area contributed by atoms with Crippen LogP contribution in [0.5, 0.6) is 0 Å². The van der Waals surface area contributed by atoms with Gasteiger partial charge in [-0.1, -0.05) is 11.6 Å². The number of aryl methyl sites for hydroxylation is 2. The van der Waals surface area contributed by atoms with Crippen LogP contribution in [0.4, 0.5) is 0 Å². The van der Waals surface area contributed by atoms with Gasteiger partial charge < -0.3 is 4.98 Å². The Bertz CT molecular complexity index is 947. The van der Waals surface area contributed by atoms with E-state index in [1.165, 1.54) is 11.8 Å². The zero-order chi connectivity index (χ0) is 18.2. The molecule has 0 saturated carbocycles. The lowest BCUT2D eigenvalue weighted by Crippen LogP contribution is -2.38. The number of benzene rings is 1. The molecule has 6 heteroatoms. The Kier molecular flexibility index (Phi) is 5.02. The number of nitrogens with one attached hydrogen (secondary N) is 1. The number of pyridine rings is 1. The van der Waals surface area contributed by atoms with Crippen LogP contribution < -0.4 is 5.56 Å². The third-order valence-corrected chi connectivity index (χ3v) is 5.98. The van der Waals surface area contributed by atoms with Gasteiger partial charge in [0.05, 0.1) is 11.3 Å². The van der Waals surface area contributed by atoms with E-state index in [2.05, 4.69) is 28.9 Å². The summed E-state index contributed by atoms with van der Waals surface area (Å²) in [6, 6.07) is 6.14. The monoisotopic (exact) mass is 362 g/mol. The molecule has 3 rings (SSSR count). The maximum Gasteiger partial charge on any atom is 0.252 e. The average Bonchev–Trinajstić information content (AvgIpc) is 2.47. The number of hydrogen-bond acceptors (Lipinski definition) is 4. The molecule has 25 heavy (non-hydrogen) atoms. The lowest BCUT2D eigenvalue weighted by molar-refractivity contribution is 0.177. The number of rotatable bonds is 4. The van der Waals surface area contributed by atoms with Crippen LogP contribution in [0.3, 0.4) is 0 Å². The molecule has 0 bridgehead atoms. The third-order valence-electron chi connectivity index (χ3n) is 4.91. The first kappa shape index (κ1) is 18.1. The van der Waals surface area contributed by atoms with Gasteiger partial charge in [0.2, 0.25) is 0 Å². The van der Waals surface area contributed by atoms with Gasteiger partial charge in [0.1, 0.15) is 9.84 Å². The van der Waals surface area contributed by atoms with E-state index in [1.54, 1.807) is 0 Å². The van der Waals surface area contributed by atoms with E-state index in [0.717, 1.165) is 48.0 Å². The molecule has 136 valence electrons. The first-order chi connectivity index (χ1) is 11.7. The number of piperidine rings is 1. The summed E-state index contributed by atoms with van der Waals surface area (Å²) in [4.78, 5) is 17.7. The van der Waals surface area contributed by atoms with Crippen molar-refractivity contribution in [2.24, 2.45) is 5.92 Å². The SMILES string of the molecule is Cc1cc(C)c2[nH]c(=O)c(CN3CCC[C@H](CS(C)(=O)=O)C3)cc2c1. The number of aromatic nitrogens is 1. The Balaban J connectivity index is 1.82. The fraction of sp³-hybridized carbons (Fsp3) is 0.526. The molecule has 0 aliphatic carbocycles. The summed E-state index contributed by atoms with van der Waals surface area (Å²) in [5.41, 5.74) is 3.84. The first-order valence-corrected chi connectivity index (χ1v) is 10.8. The third kappa shape index (κ3) is 4.50. The predicted molar refractivity (Wildman–Crippen MR) is 102 cm³/mol. The minimum atomic E-state index is -2.96. The maximum atomic E-state index is 12.5. The van der Waals surface area contributed by atoms with Crippen molar-refractivity contribution in [3.8, 4) is 0 Å². The molecule has 0 amide bonds. The smallest absolute Gasteiger partial charge is 0.252 e. The second kappa shape index (κ2) is 6.92.